The van der Waals surface area contributed by atoms with Crippen LogP contribution in [-0.4, -0.2) is 23.3 Å². The minimum atomic E-state index is -0.173. The van der Waals surface area contributed by atoms with Gasteiger partial charge in [0.15, 0.2) is 0 Å². The summed E-state index contributed by atoms with van der Waals surface area (Å²) in [6.45, 7) is 4.46. The van der Waals surface area contributed by atoms with Crippen molar-refractivity contribution in [2.24, 2.45) is 0 Å². The molecule has 0 spiro atoms. The fourth-order valence-electron chi connectivity index (χ4n) is 3.33. The molecule has 2 amide bonds. The summed E-state index contributed by atoms with van der Waals surface area (Å²) in [4.78, 5) is 34.1. The summed E-state index contributed by atoms with van der Waals surface area (Å²) in [5.41, 5.74) is 2.17. The molecule has 2 aliphatic rings. The SMILES string of the molecule is Cc1ccc(-c2sc(-c3ccc(C)s3)c3c2C(=O)N(CC2=CC=C2)C3=O)s1. The van der Waals surface area contributed by atoms with Crippen molar-refractivity contribution in [1.82, 2.24) is 4.90 Å². The van der Waals surface area contributed by atoms with Gasteiger partial charge in [0, 0.05) is 19.5 Å². The maximum absolute atomic E-state index is 13.2. The van der Waals surface area contributed by atoms with E-state index in [2.05, 4.69) is 26.0 Å². The Hall–Kier alpha value is -2.28. The maximum atomic E-state index is 13.2. The van der Waals surface area contributed by atoms with Crippen LogP contribution in [0, 0.1) is 13.8 Å². The largest absolute Gasteiger partial charge is 0.270 e. The number of carbonyl (C=O) groups excluding carboxylic acids is 2. The summed E-state index contributed by atoms with van der Waals surface area (Å²) >= 11 is 4.89. The number of hydrogen-bond acceptors (Lipinski definition) is 5. The average molecular weight is 410 g/mol. The Balaban J connectivity index is 1.69. The second-order valence-electron chi connectivity index (χ2n) is 6.63. The van der Waals surface area contributed by atoms with Crippen LogP contribution in [0.1, 0.15) is 30.5 Å². The van der Waals surface area contributed by atoms with Gasteiger partial charge in [-0.1, -0.05) is 18.2 Å². The molecule has 0 fully saturated rings. The molecule has 0 radical (unpaired) electrons. The lowest BCUT2D eigenvalue weighted by Crippen LogP contribution is -2.32. The van der Waals surface area contributed by atoms with Crippen molar-refractivity contribution < 1.29 is 9.59 Å². The van der Waals surface area contributed by atoms with Crippen LogP contribution in [0.2, 0.25) is 0 Å². The molecule has 0 aromatic carbocycles. The number of aryl methyl sites for hydroxylation is 2. The molecule has 3 nitrogen and oxygen atoms in total. The molecule has 0 atom stereocenters. The Bertz CT molecular complexity index is 1100. The van der Waals surface area contributed by atoms with Crippen molar-refractivity contribution in [2.75, 3.05) is 6.54 Å². The Labute approximate surface area is 168 Å². The third kappa shape index (κ3) is 2.59. The van der Waals surface area contributed by atoms with E-state index < -0.39 is 0 Å². The number of nitrogens with zero attached hydrogens (tertiary/aromatic N) is 1. The summed E-state index contributed by atoms with van der Waals surface area (Å²) in [6, 6.07) is 8.22. The molecule has 4 heterocycles. The van der Waals surface area contributed by atoms with Gasteiger partial charge >= 0.3 is 0 Å². The van der Waals surface area contributed by atoms with Crippen molar-refractivity contribution in [3.63, 3.8) is 0 Å². The number of carbonyl (C=O) groups is 2. The highest BCUT2D eigenvalue weighted by Gasteiger charge is 2.42. The molecule has 5 rings (SSSR count). The summed E-state index contributed by atoms with van der Waals surface area (Å²) in [6.07, 6.45) is 5.81. The summed E-state index contributed by atoms with van der Waals surface area (Å²) < 4.78 is 0. The standard InChI is InChI=1S/C21H15NO2S3/c1-11-6-8-14(25-11)18-16-17(19(27-18)15-9-7-12(2)26-15)21(24)22(20(16)23)10-13-4-3-5-13/h3-9H,10H2,1-2H3. The number of thiophene rings is 3. The minimum absolute atomic E-state index is 0.173. The van der Waals surface area contributed by atoms with Crippen LogP contribution in [0.4, 0.5) is 0 Å². The van der Waals surface area contributed by atoms with Gasteiger partial charge in [-0.25, -0.2) is 0 Å². The number of rotatable bonds is 4. The molecular weight excluding hydrogens is 394 g/mol. The fraction of sp³-hybridized carbons (Fsp3) is 0.143. The van der Waals surface area contributed by atoms with E-state index in [9.17, 15) is 9.59 Å². The van der Waals surface area contributed by atoms with Gasteiger partial charge in [0.1, 0.15) is 0 Å². The van der Waals surface area contributed by atoms with Crippen molar-refractivity contribution in [3.05, 3.63) is 68.9 Å². The first-order valence-electron chi connectivity index (χ1n) is 8.57. The first kappa shape index (κ1) is 16.9. The zero-order chi connectivity index (χ0) is 18.7. The summed E-state index contributed by atoms with van der Waals surface area (Å²) in [5.74, 6) is -0.346. The molecule has 0 saturated heterocycles. The molecule has 3 aromatic heterocycles. The van der Waals surface area contributed by atoms with Crippen LogP contribution in [0.25, 0.3) is 19.5 Å². The third-order valence-corrected chi connectivity index (χ3v) is 8.27. The highest BCUT2D eigenvalue weighted by Crippen LogP contribution is 2.49. The van der Waals surface area contributed by atoms with E-state index >= 15 is 0 Å². The molecule has 0 N–H and O–H groups in total. The van der Waals surface area contributed by atoms with Gasteiger partial charge < -0.3 is 0 Å². The number of fused-ring (bicyclic) bond motifs is 1. The highest BCUT2D eigenvalue weighted by molar-refractivity contribution is 7.27. The van der Waals surface area contributed by atoms with E-state index in [0.29, 0.717) is 17.7 Å². The first-order chi connectivity index (χ1) is 13.0. The van der Waals surface area contributed by atoms with Crippen LogP contribution in [0.5, 0.6) is 0 Å². The zero-order valence-corrected chi connectivity index (χ0v) is 17.2. The van der Waals surface area contributed by atoms with Crippen LogP contribution >= 0.6 is 34.0 Å². The zero-order valence-electron chi connectivity index (χ0n) is 14.7. The van der Waals surface area contributed by atoms with Gasteiger partial charge in [-0.15, -0.1) is 34.0 Å². The number of imide groups is 1. The first-order valence-corrected chi connectivity index (χ1v) is 11.0. The van der Waals surface area contributed by atoms with Crippen molar-refractivity contribution in [2.45, 2.75) is 13.8 Å². The smallest absolute Gasteiger partial charge is 0.263 e. The van der Waals surface area contributed by atoms with E-state index in [-0.39, 0.29) is 11.8 Å². The lowest BCUT2D eigenvalue weighted by Gasteiger charge is -2.17. The summed E-state index contributed by atoms with van der Waals surface area (Å²) in [5, 5.41) is 0. The maximum Gasteiger partial charge on any atom is 0.263 e. The van der Waals surface area contributed by atoms with E-state index in [4.69, 9.17) is 0 Å². The molecule has 6 heteroatoms. The molecule has 0 saturated carbocycles. The van der Waals surface area contributed by atoms with Crippen LogP contribution < -0.4 is 0 Å². The molecule has 0 unspecified atom stereocenters. The molecule has 134 valence electrons. The van der Waals surface area contributed by atoms with E-state index in [0.717, 1.165) is 25.1 Å². The number of amides is 2. The number of allylic oxidation sites excluding steroid dienone is 2. The monoisotopic (exact) mass is 409 g/mol. The Morgan fingerprint density at radius 1 is 0.815 bits per heavy atom. The van der Waals surface area contributed by atoms with Gasteiger partial charge in [0.2, 0.25) is 0 Å². The van der Waals surface area contributed by atoms with Gasteiger partial charge in [-0.3, -0.25) is 14.5 Å². The predicted molar refractivity (Wildman–Crippen MR) is 113 cm³/mol. The van der Waals surface area contributed by atoms with E-state index in [1.54, 1.807) is 34.0 Å². The molecular formula is C21H15NO2S3. The van der Waals surface area contributed by atoms with Crippen LogP contribution in [-0.2, 0) is 0 Å². The summed E-state index contributed by atoms with van der Waals surface area (Å²) in [7, 11) is 0. The molecule has 27 heavy (non-hydrogen) atoms. The van der Waals surface area contributed by atoms with Crippen molar-refractivity contribution >= 4 is 45.8 Å². The molecule has 0 bridgehead atoms. The van der Waals surface area contributed by atoms with Crippen molar-refractivity contribution in [1.29, 1.82) is 0 Å². The van der Waals surface area contributed by atoms with Gasteiger partial charge in [-0.2, -0.15) is 0 Å². The molecule has 1 aliphatic heterocycles. The lowest BCUT2D eigenvalue weighted by molar-refractivity contribution is 0.0669. The lowest BCUT2D eigenvalue weighted by atomic mass is 10.1. The Kier molecular flexibility index (Phi) is 3.82. The van der Waals surface area contributed by atoms with Crippen LogP contribution in [0.15, 0.2) is 48.1 Å². The fourth-order valence-corrected chi connectivity index (χ4v) is 6.58. The second kappa shape index (κ2) is 6.12. The quantitative estimate of drug-likeness (QED) is 0.502. The van der Waals surface area contributed by atoms with Gasteiger partial charge in [0.05, 0.1) is 27.4 Å². The normalized spacial score (nSPS) is 15.3. The third-order valence-electron chi connectivity index (χ3n) is 4.72. The van der Waals surface area contributed by atoms with Gasteiger partial charge in [0.25, 0.3) is 11.8 Å². The topological polar surface area (TPSA) is 37.4 Å². The van der Waals surface area contributed by atoms with Crippen molar-refractivity contribution in [3.8, 4) is 19.5 Å². The molecule has 1 aliphatic carbocycles. The van der Waals surface area contributed by atoms with Crippen LogP contribution in [0.3, 0.4) is 0 Å². The van der Waals surface area contributed by atoms with Gasteiger partial charge in [-0.05, 0) is 43.7 Å². The minimum Gasteiger partial charge on any atom is -0.270 e. The number of hydrogen-bond donors (Lipinski definition) is 0. The highest BCUT2D eigenvalue weighted by atomic mass is 32.1. The average Bonchev–Trinajstić information content (AvgIpc) is 3.33. The Morgan fingerprint density at radius 2 is 1.33 bits per heavy atom. The van der Waals surface area contributed by atoms with E-state index in [1.807, 2.05) is 30.4 Å². The predicted octanol–water partition coefficient (Wildman–Crippen LogP) is 5.91. The second-order valence-corrected chi connectivity index (χ2v) is 10.2. The Morgan fingerprint density at radius 3 is 1.70 bits per heavy atom. The molecule has 3 aromatic rings. The van der Waals surface area contributed by atoms with E-state index in [1.165, 1.54) is 14.7 Å².